The predicted octanol–water partition coefficient (Wildman–Crippen LogP) is 3.94. The van der Waals surface area contributed by atoms with Crippen LogP contribution in [-0.4, -0.2) is 33.2 Å². The minimum atomic E-state index is -0.181. The molecule has 2 N–H and O–H groups in total. The van der Waals surface area contributed by atoms with E-state index in [0.717, 1.165) is 18.5 Å². The van der Waals surface area contributed by atoms with Crippen LogP contribution >= 0.6 is 11.8 Å². The topological polar surface area (TPSA) is 89.2 Å². The Balaban J connectivity index is 1.36. The second-order valence-corrected chi connectivity index (χ2v) is 8.53. The minimum Gasteiger partial charge on any atom is -0.467 e. The first-order valence-electron chi connectivity index (χ1n) is 10.6. The van der Waals surface area contributed by atoms with Gasteiger partial charge in [0.2, 0.25) is 5.91 Å². The molecule has 31 heavy (non-hydrogen) atoms. The van der Waals surface area contributed by atoms with Gasteiger partial charge in [-0.05, 0) is 43.2 Å². The molecule has 0 radical (unpaired) electrons. The molecule has 0 unspecified atom stereocenters. The van der Waals surface area contributed by atoms with Gasteiger partial charge in [0, 0.05) is 29.7 Å². The summed E-state index contributed by atoms with van der Waals surface area (Å²) in [5.74, 6) is 0.873. The molecule has 0 spiro atoms. The SMILES string of the molecule is O=C(CSc1nccn1-c1cccc(C(=O)NCc2ccco2)c1)NC1CCCCC1. The van der Waals surface area contributed by atoms with E-state index >= 15 is 0 Å². The highest BCUT2D eigenvalue weighted by Crippen LogP contribution is 2.22. The molecule has 162 valence electrons. The zero-order valence-electron chi connectivity index (χ0n) is 17.3. The molecular weight excluding hydrogens is 412 g/mol. The molecule has 2 aromatic heterocycles. The smallest absolute Gasteiger partial charge is 0.251 e. The standard InChI is InChI=1S/C23H26N4O3S/c28-21(26-18-7-2-1-3-8-18)16-31-23-24-11-12-27(23)19-9-4-6-17(14-19)22(29)25-15-20-10-5-13-30-20/h4-6,9-14,18H,1-3,7-8,15-16H2,(H,25,29)(H,26,28). The zero-order valence-corrected chi connectivity index (χ0v) is 18.1. The monoisotopic (exact) mass is 438 g/mol. The zero-order chi connectivity index (χ0) is 21.5. The quantitative estimate of drug-likeness (QED) is 0.520. The Morgan fingerprint density at radius 1 is 1.16 bits per heavy atom. The highest BCUT2D eigenvalue weighted by atomic mass is 32.2. The Morgan fingerprint density at radius 2 is 2.03 bits per heavy atom. The summed E-state index contributed by atoms with van der Waals surface area (Å²) < 4.78 is 7.14. The third-order valence-electron chi connectivity index (χ3n) is 5.30. The Morgan fingerprint density at radius 3 is 2.84 bits per heavy atom. The van der Waals surface area contributed by atoms with Crippen molar-refractivity contribution in [2.75, 3.05) is 5.75 Å². The van der Waals surface area contributed by atoms with Crippen molar-refractivity contribution in [2.24, 2.45) is 0 Å². The molecule has 0 aliphatic heterocycles. The van der Waals surface area contributed by atoms with E-state index in [2.05, 4.69) is 15.6 Å². The molecular formula is C23H26N4O3S. The summed E-state index contributed by atoms with van der Waals surface area (Å²) in [4.78, 5) is 29.2. The molecule has 2 heterocycles. The van der Waals surface area contributed by atoms with E-state index in [1.165, 1.54) is 31.0 Å². The number of benzene rings is 1. The summed E-state index contributed by atoms with van der Waals surface area (Å²) in [6.45, 7) is 0.332. The number of furan rings is 1. The third kappa shape index (κ3) is 5.79. The summed E-state index contributed by atoms with van der Waals surface area (Å²) >= 11 is 1.39. The van der Waals surface area contributed by atoms with Crippen LogP contribution in [0, 0.1) is 0 Å². The molecule has 0 saturated heterocycles. The van der Waals surface area contributed by atoms with Gasteiger partial charge < -0.3 is 15.1 Å². The molecule has 1 aliphatic rings. The van der Waals surface area contributed by atoms with Gasteiger partial charge in [-0.2, -0.15) is 0 Å². The lowest BCUT2D eigenvalue weighted by Crippen LogP contribution is -2.37. The average molecular weight is 439 g/mol. The number of thioether (sulfide) groups is 1. The largest absolute Gasteiger partial charge is 0.467 e. The van der Waals surface area contributed by atoms with Crippen LogP contribution in [0.25, 0.3) is 5.69 Å². The van der Waals surface area contributed by atoms with Crippen LogP contribution in [0.15, 0.2) is 64.6 Å². The molecule has 1 saturated carbocycles. The number of carbonyl (C=O) groups excluding carboxylic acids is 2. The number of imidazole rings is 1. The van der Waals surface area contributed by atoms with Gasteiger partial charge in [-0.1, -0.05) is 37.1 Å². The fourth-order valence-electron chi connectivity index (χ4n) is 3.72. The van der Waals surface area contributed by atoms with Crippen LogP contribution in [0.4, 0.5) is 0 Å². The molecule has 4 rings (SSSR count). The van der Waals surface area contributed by atoms with Crippen molar-refractivity contribution in [1.29, 1.82) is 0 Å². The number of amides is 2. The molecule has 7 nitrogen and oxygen atoms in total. The number of nitrogens with one attached hydrogen (secondary N) is 2. The second-order valence-electron chi connectivity index (χ2n) is 7.58. The number of aromatic nitrogens is 2. The fraction of sp³-hybridized carbons (Fsp3) is 0.348. The summed E-state index contributed by atoms with van der Waals surface area (Å²) in [6.07, 6.45) is 10.9. The Hall–Kier alpha value is -3.00. The van der Waals surface area contributed by atoms with E-state index < -0.39 is 0 Å². The van der Waals surface area contributed by atoms with Crippen molar-refractivity contribution in [1.82, 2.24) is 20.2 Å². The minimum absolute atomic E-state index is 0.0394. The highest BCUT2D eigenvalue weighted by molar-refractivity contribution is 7.99. The van der Waals surface area contributed by atoms with Gasteiger partial charge in [0.1, 0.15) is 5.76 Å². The van der Waals surface area contributed by atoms with E-state index in [9.17, 15) is 9.59 Å². The van der Waals surface area contributed by atoms with Crippen LogP contribution in [-0.2, 0) is 11.3 Å². The molecule has 1 fully saturated rings. The molecule has 1 aliphatic carbocycles. The van der Waals surface area contributed by atoms with Gasteiger partial charge >= 0.3 is 0 Å². The summed E-state index contributed by atoms with van der Waals surface area (Å²) in [7, 11) is 0. The van der Waals surface area contributed by atoms with Gasteiger partial charge in [-0.15, -0.1) is 0 Å². The van der Waals surface area contributed by atoms with Crippen molar-refractivity contribution in [3.8, 4) is 5.69 Å². The van der Waals surface area contributed by atoms with E-state index in [0.29, 0.717) is 34.8 Å². The lowest BCUT2D eigenvalue weighted by molar-refractivity contribution is -0.119. The van der Waals surface area contributed by atoms with Crippen molar-refractivity contribution in [3.63, 3.8) is 0 Å². The first kappa shape index (κ1) is 21.2. The summed E-state index contributed by atoms with van der Waals surface area (Å²) in [6, 6.07) is 11.2. The van der Waals surface area contributed by atoms with Crippen LogP contribution < -0.4 is 10.6 Å². The van der Waals surface area contributed by atoms with Crippen molar-refractivity contribution in [2.45, 2.75) is 49.8 Å². The van der Waals surface area contributed by atoms with Gasteiger partial charge in [-0.3, -0.25) is 14.2 Å². The molecule has 0 bridgehead atoms. The van der Waals surface area contributed by atoms with E-state index in [1.807, 2.05) is 35.0 Å². The first-order chi connectivity index (χ1) is 15.2. The predicted molar refractivity (Wildman–Crippen MR) is 119 cm³/mol. The number of rotatable bonds is 8. The lowest BCUT2D eigenvalue weighted by atomic mass is 9.95. The van der Waals surface area contributed by atoms with E-state index in [4.69, 9.17) is 4.42 Å². The second kappa shape index (κ2) is 10.3. The number of carbonyl (C=O) groups is 2. The van der Waals surface area contributed by atoms with Gasteiger partial charge in [-0.25, -0.2) is 4.98 Å². The first-order valence-corrected chi connectivity index (χ1v) is 11.5. The maximum absolute atomic E-state index is 12.5. The van der Waals surface area contributed by atoms with Crippen LogP contribution in [0.3, 0.4) is 0 Å². The number of hydrogen-bond acceptors (Lipinski definition) is 5. The normalized spacial score (nSPS) is 14.3. The van der Waals surface area contributed by atoms with Crippen LogP contribution in [0.1, 0.15) is 48.2 Å². The van der Waals surface area contributed by atoms with Gasteiger partial charge in [0.15, 0.2) is 5.16 Å². The summed E-state index contributed by atoms with van der Waals surface area (Å²) in [5, 5.41) is 6.70. The highest BCUT2D eigenvalue weighted by Gasteiger charge is 2.17. The molecule has 1 aromatic carbocycles. The number of nitrogens with zero attached hydrogens (tertiary/aromatic N) is 2. The van der Waals surface area contributed by atoms with E-state index in [1.54, 1.807) is 24.6 Å². The number of hydrogen-bond donors (Lipinski definition) is 2. The van der Waals surface area contributed by atoms with Crippen molar-refractivity contribution >= 4 is 23.6 Å². The maximum atomic E-state index is 12.5. The Labute approximate surface area is 185 Å². The van der Waals surface area contributed by atoms with Crippen molar-refractivity contribution < 1.29 is 14.0 Å². The van der Waals surface area contributed by atoms with Gasteiger partial charge in [0.05, 0.1) is 18.6 Å². The Kier molecular flexibility index (Phi) is 7.09. The fourth-order valence-corrected chi connectivity index (χ4v) is 4.50. The van der Waals surface area contributed by atoms with Crippen LogP contribution in [0.2, 0.25) is 0 Å². The van der Waals surface area contributed by atoms with Crippen LogP contribution in [0.5, 0.6) is 0 Å². The average Bonchev–Trinajstić information content (AvgIpc) is 3.49. The molecule has 8 heteroatoms. The van der Waals surface area contributed by atoms with E-state index in [-0.39, 0.29) is 11.8 Å². The molecule has 0 atom stereocenters. The molecule has 3 aromatic rings. The maximum Gasteiger partial charge on any atom is 0.251 e. The van der Waals surface area contributed by atoms with Gasteiger partial charge in [0.25, 0.3) is 5.91 Å². The van der Waals surface area contributed by atoms with Crippen molar-refractivity contribution in [3.05, 3.63) is 66.4 Å². The molecule has 2 amide bonds. The lowest BCUT2D eigenvalue weighted by Gasteiger charge is -2.22. The Bertz CT molecular complexity index is 1010. The third-order valence-corrected chi connectivity index (χ3v) is 6.27. The summed E-state index contributed by atoms with van der Waals surface area (Å²) in [5.41, 5.74) is 1.36.